The second kappa shape index (κ2) is 4.06. The molecule has 0 aromatic carbocycles. The van der Waals surface area contributed by atoms with Gasteiger partial charge in [-0.2, -0.15) is 0 Å². The Bertz CT molecular complexity index is 795. The van der Waals surface area contributed by atoms with Gasteiger partial charge >= 0.3 is 5.69 Å². The van der Waals surface area contributed by atoms with E-state index < -0.39 is 0 Å². The molecule has 0 aliphatic heterocycles. The molecule has 1 aliphatic rings. The van der Waals surface area contributed by atoms with Gasteiger partial charge < -0.3 is 5.32 Å². The highest BCUT2D eigenvalue weighted by atomic mass is 32.1. The highest BCUT2D eigenvalue weighted by Crippen LogP contribution is 2.24. The molecule has 19 heavy (non-hydrogen) atoms. The molecule has 2 aromatic rings. The summed E-state index contributed by atoms with van der Waals surface area (Å²) in [4.78, 5) is 36.8. The van der Waals surface area contributed by atoms with Gasteiger partial charge in [0.1, 0.15) is 4.83 Å². The molecule has 1 fully saturated rings. The van der Waals surface area contributed by atoms with Crippen molar-refractivity contribution in [1.29, 1.82) is 0 Å². The monoisotopic (exact) mass is 279 g/mol. The van der Waals surface area contributed by atoms with Crippen LogP contribution in [0.5, 0.6) is 0 Å². The van der Waals surface area contributed by atoms with Crippen LogP contribution in [0.3, 0.4) is 0 Å². The van der Waals surface area contributed by atoms with Gasteiger partial charge in [0.2, 0.25) is 0 Å². The van der Waals surface area contributed by atoms with Crippen LogP contribution in [0.1, 0.15) is 22.5 Å². The molecule has 0 radical (unpaired) electrons. The van der Waals surface area contributed by atoms with Crippen LogP contribution in [-0.2, 0) is 14.1 Å². The average Bonchev–Trinajstić information content (AvgIpc) is 3.08. The van der Waals surface area contributed by atoms with Gasteiger partial charge in [-0.25, -0.2) is 4.79 Å². The highest BCUT2D eigenvalue weighted by Gasteiger charge is 2.25. The van der Waals surface area contributed by atoms with Crippen molar-refractivity contribution in [3.63, 3.8) is 0 Å². The molecule has 0 spiro atoms. The van der Waals surface area contributed by atoms with E-state index in [4.69, 9.17) is 0 Å². The minimum Gasteiger partial charge on any atom is -0.349 e. The fourth-order valence-electron chi connectivity index (χ4n) is 1.96. The van der Waals surface area contributed by atoms with Crippen LogP contribution >= 0.6 is 11.3 Å². The van der Waals surface area contributed by atoms with Crippen molar-refractivity contribution in [2.24, 2.45) is 14.1 Å². The molecular formula is C12H13N3O3S. The Hall–Kier alpha value is -1.89. The lowest BCUT2D eigenvalue weighted by molar-refractivity contribution is 0.0955. The Morgan fingerprint density at radius 3 is 2.63 bits per heavy atom. The minimum absolute atomic E-state index is 0.168. The molecular weight excluding hydrogens is 266 g/mol. The van der Waals surface area contributed by atoms with Crippen LogP contribution in [0.4, 0.5) is 0 Å². The number of amides is 1. The summed E-state index contributed by atoms with van der Waals surface area (Å²) >= 11 is 1.18. The highest BCUT2D eigenvalue weighted by molar-refractivity contribution is 7.20. The van der Waals surface area contributed by atoms with Gasteiger partial charge in [-0.3, -0.25) is 18.7 Å². The van der Waals surface area contributed by atoms with Crippen molar-refractivity contribution < 1.29 is 4.79 Å². The standard InChI is InChI=1S/C12H13N3O3S/c1-14-10(17)7-5-8(9(16)13-6-3-4-6)19-11(7)15(2)12(14)18/h5-6H,3-4H2,1-2H3,(H,13,16). The average molecular weight is 279 g/mol. The third-order valence-corrected chi connectivity index (χ3v) is 4.47. The molecule has 0 unspecified atom stereocenters. The van der Waals surface area contributed by atoms with E-state index in [0.29, 0.717) is 15.1 Å². The molecule has 100 valence electrons. The third-order valence-electron chi connectivity index (χ3n) is 3.26. The number of nitrogens with zero attached hydrogens (tertiary/aromatic N) is 2. The second-order valence-corrected chi connectivity index (χ2v) is 5.81. The molecule has 2 aromatic heterocycles. The Balaban J connectivity index is 2.17. The molecule has 1 amide bonds. The number of rotatable bonds is 2. The molecule has 0 atom stereocenters. The van der Waals surface area contributed by atoms with Gasteiger partial charge in [-0.05, 0) is 18.9 Å². The van der Waals surface area contributed by atoms with Crippen molar-refractivity contribution in [1.82, 2.24) is 14.5 Å². The third kappa shape index (κ3) is 1.90. The summed E-state index contributed by atoms with van der Waals surface area (Å²) in [5.41, 5.74) is -0.742. The summed E-state index contributed by atoms with van der Waals surface area (Å²) in [6.07, 6.45) is 2.02. The van der Waals surface area contributed by atoms with Gasteiger partial charge in [-0.15, -0.1) is 11.3 Å². The Morgan fingerprint density at radius 1 is 1.32 bits per heavy atom. The Labute approximate surface area is 112 Å². The normalized spacial score (nSPS) is 14.8. The van der Waals surface area contributed by atoms with Crippen LogP contribution in [0.25, 0.3) is 10.2 Å². The van der Waals surface area contributed by atoms with Crippen molar-refractivity contribution in [3.8, 4) is 0 Å². The van der Waals surface area contributed by atoms with E-state index in [2.05, 4.69) is 5.32 Å². The predicted molar refractivity (Wildman–Crippen MR) is 72.8 cm³/mol. The quantitative estimate of drug-likeness (QED) is 0.853. The van der Waals surface area contributed by atoms with Crippen LogP contribution in [0, 0.1) is 0 Å². The Morgan fingerprint density at radius 2 is 2.00 bits per heavy atom. The number of aryl methyl sites for hydroxylation is 1. The zero-order chi connectivity index (χ0) is 13.7. The smallest absolute Gasteiger partial charge is 0.331 e. The summed E-state index contributed by atoms with van der Waals surface area (Å²) in [5, 5.41) is 3.29. The van der Waals surface area contributed by atoms with Gasteiger partial charge in [0, 0.05) is 20.1 Å². The maximum atomic E-state index is 12.0. The first-order valence-corrected chi connectivity index (χ1v) is 6.81. The molecule has 7 heteroatoms. The zero-order valence-electron chi connectivity index (χ0n) is 10.6. The minimum atomic E-state index is -0.381. The van der Waals surface area contributed by atoms with Crippen LogP contribution < -0.4 is 16.6 Å². The fourth-order valence-corrected chi connectivity index (χ4v) is 2.97. The number of carbonyl (C=O) groups excluding carboxylic acids is 1. The summed E-state index contributed by atoms with van der Waals surface area (Å²) in [5.74, 6) is -0.168. The van der Waals surface area contributed by atoms with E-state index in [1.54, 1.807) is 13.1 Å². The molecule has 6 nitrogen and oxygen atoms in total. The van der Waals surface area contributed by atoms with Crippen molar-refractivity contribution in [2.75, 3.05) is 0 Å². The van der Waals surface area contributed by atoms with E-state index in [9.17, 15) is 14.4 Å². The number of fused-ring (bicyclic) bond motifs is 1. The topological polar surface area (TPSA) is 73.1 Å². The lowest BCUT2D eigenvalue weighted by Crippen LogP contribution is -2.36. The molecule has 1 saturated carbocycles. The Kier molecular flexibility index (Phi) is 2.60. The number of nitrogens with one attached hydrogen (secondary N) is 1. The van der Waals surface area contributed by atoms with E-state index in [1.165, 1.54) is 23.0 Å². The molecule has 1 N–H and O–H groups in total. The first-order chi connectivity index (χ1) is 8.99. The van der Waals surface area contributed by atoms with Crippen LogP contribution in [0.2, 0.25) is 0 Å². The second-order valence-electron chi connectivity index (χ2n) is 4.78. The zero-order valence-corrected chi connectivity index (χ0v) is 11.4. The number of thiophene rings is 1. The van der Waals surface area contributed by atoms with E-state index >= 15 is 0 Å². The number of carbonyl (C=O) groups is 1. The van der Waals surface area contributed by atoms with E-state index in [-0.39, 0.29) is 23.2 Å². The maximum absolute atomic E-state index is 12.0. The lowest BCUT2D eigenvalue weighted by atomic mass is 10.3. The van der Waals surface area contributed by atoms with Crippen molar-refractivity contribution in [3.05, 3.63) is 31.8 Å². The molecule has 3 rings (SSSR count). The van der Waals surface area contributed by atoms with E-state index in [1.807, 2.05) is 0 Å². The number of hydrogen-bond donors (Lipinski definition) is 1. The first-order valence-electron chi connectivity index (χ1n) is 5.99. The van der Waals surface area contributed by atoms with Gasteiger partial charge in [0.15, 0.2) is 0 Å². The summed E-state index contributed by atoms with van der Waals surface area (Å²) in [6.45, 7) is 0. The van der Waals surface area contributed by atoms with Gasteiger partial charge in [0.05, 0.1) is 10.3 Å². The fraction of sp³-hybridized carbons (Fsp3) is 0.417. The van der Waals surface area contributed by atoms with Gasteiger partial charge in [-0.1, -0.05) is 0 Å². The largest absolute Gasteiger partial charge is 0.349 e. The number of aromatic nitrogens is 2. The predicted octanol–water partition coefficient (Wildman–Crippen LogP) is 0.191. The summed E-state index contributed by atoms with van der Waals surface area (Å²) < 4.78 is 2.45. The first kappa shape index (κ1) is 12.2. The van der Waals surface area contributed by atoms with Crippen LogP contribution in [-0.4, -0.2) is 21.1 Å². The molecule has 0 saturated heterocycles. The summed E-state index contributed by atoms with van der Waals surface area (Å²) in [7, 11) is 3.04. The van der Waals surface area contributed by atoms with Crippen molar-refractivity contribution >= 4 is 27.5 Å². The molecule has 1 aliphatic carbocycles. The molecule has 2 heterocycles. The van der Waals surface area contributed by atoms with Crippen LogP contribution in [0.15, 0.2) is 15.7 Å². The summed E-state index contributed by atoms with van der Waals surface area (Å²) in [6, 6.07) is 1.84. The number of hydrogen-bond acceptors (Lipinski definition) is 4. The lowest BCUT2D eigenvalue weighted by Gasteiger charge is -2.01. The SMILES string of the molecule is Cn1c(=O)c2cc(C(=O)NC3CC3)sc2n(C)c1=O. The van der Waals surface area contributed by atoms with E-state index in [0.717, 1.165) is 17.4 Å². The maximum Gasteiger partial charge on any atom is 0.331 e. The van der Waals surface area contributed by atoms with Crippen molar-refractivity contribution in [2.45, 2.75) is 18.9 Å². The van der Waals surface area contributed by atoms with Gasteiger partial charge in [0.25, 0.3) is 11.5 Å². The molecule has 0 bridgehead atoms.